The Balaban J connectivity index is 1.42. The lowest BCUT2D eigenvalue weighted by atomic mass is 10.2. The zero-order chi connectivity index (χ0) is 23.1. The normalized spacial score (nSPS) is 14.8. The van der Waals surface area contributed by atoms with Crippen LogP contribution >= 0.6 is 0 Å². The van der Waals surface area contributed by atoms with Crippen LogP contribution in [0, 0.1) is 13.8 Å². The lowest BCUT2D eigenvalue weighted by Gasteiger charge is -2.34. The molecule has 8 nitrogen and oxygen atoms in total. The maximum absolute atomic E-state index is 13.0. The maximum Gasteiger partial charge on any atom is 0.309 e. The highest BCUT2D eigenvalue weighted by atomic mass is 32.2. The van der Waals surface area contributed by atoms with Gasteiger partial charge in [-0.1, -0.05) is 35.9 Å². The van der Waals surface area contributed by atoms with Gasteiger partial charge in [-0.05, 0) is 37.6 Å². The lowest BCUT2D eigenvalue weighted by molar-refractivity contribution is -0.152. The summed E-state index contributed by atoms with van der Waals surface area (Å²) in [5.41, 5.74) is 1.70. The van der Waals surface area contributed by atoms with E-state index in [2.05, 4.69) is 0 Å². The van der Waals surface area contributed by atoms with Crippen molar-refractivity contribution < 1.29 is 27.5 Å². The number of para-hydroxylation sites is 1. The van der Waals surface area contributed by atoms with Crippen LogP contribution in [0.3, 0.4) is 0 Å². The number of aryl methyl sites for hydroxylation is 2. The number of hydrogen-bond acceptors (Lipinski definition) is 6. The quantitative estimate of drug-likeness (QED) is 0.561. The van der Waals surface area contributed by atoms with Crippen molar-refractivity contribution in [1.29, 1.82) is 0 Å². The molecule has 0 spiro atoms. The first-order chi connectivity index (χ1) is 15.3. The van der Waals surface area contributed by atoms with Gasteiger partial charge in [0, 0.05) is 26.2 Å². The van der Waals surface area contributed by atoms with Crippen LogP contribution in [0.4, 0.5) is 0 Å². The minimum Gasteiger partial charge on any atom is -0.493 e. The van der Waals surface area contributed by atoms with E-state index in [0.29, 0.717) is 11.3 Å². The minimum absolute atomic E-state index is 0.0318. The second-order valence-electron chi connectivity index (χ2n) is 7.63. The van der Waals surface area contributed by atoms with Crippen LogP contribution < -0.4 is 4.74 Å². The minimum atomic E-state index is -3.62. The third-order valence-corrected chi connectivity index (χ3v) is 7.27. The van der Waals surface area contributed by atoms with Crippen LogP contribution in [0.1, 0.15) is 17.5 Å². The van der Waals surface area contributed by atoms with Crippen molar-refractivity contribution in [2.24, 2.45) is 0 Å². The van der Waals surface area contributed by atoms with E-state index < -0.39 is 16.0 Å². The summed E-state index contributed by atoms with van der Waals surface area (Å²) < 4.78 is 37.8. The fourth-order valence-electron chi connectivity index (χ4n) is 3.48. The Morgan fingerprint density at radius 1 is 0.969 bits per heavy atom. The molecule has 2 aromatic rings. The van der Waals surface area contributed by atoms with Crippen molar-refractivity contribution in [3.63, 3.8) is 0 Å². The smallest absolute Gasteiger partial charge is 0.309 e. The largest absolute Gasteiger partial charge is 0.493 e. The number of amides is 1. The summed E-state index contributed by atoms with van der Waals surface area (Å²) in [5.74, 6) is -0.207. The third kappa shape index (κ3) is 6.08. The summed E-state index contributed by atoms with van der Waals surface area (Å²) in [6, 6.07) is 14.3. The molecule has 0 atom stereocenters. The molecule has 32 heavy (non-hydrogen) atoms. The highest BCUT2D eigenvalue weighted by Crippen LogP contribution is 2.22. The molecule has 3 rings (SSSR count). The van der Waals surface area contributed by atoms with Crippen LogP contribution in [0.5, 0.6) is 5.75 Å². The average Bonchev–Trinajstić information content (AvgIpc) is 2.78. The molecular formula is C23H28N2O6S. The number of ether oxygens (including phenoxy) is 2. The van der Waals surface area contributed by atoms with Gasteiger partial charge in [-0.25, -0.2) is 8.42 Å². The van der Waals surface area contributed by atoms with Crippen molar-refractivity contribution >= 4 is 21.9 Å². The van der Waals surface area contributed by atoms with Crippen molar-refractivity contribution in [2.45, 2.75) is 25.2 Å². The van der Waals surface area contributed by atoms with E-state index in [0.717, 1.165) is 5.56 Å². The summed E-state index contributed by atoms with van der Waals surface area (Å²) in [6.07, 6.45) is 0.0318. The standard InChI is InChI=1S/C23H28N2O6S/c1-18-8-9-21(19(2)16-18)32(28,29)25-13-11-24(12-14-25)22(26)17-31-23(27)10-15-30-20-6-4-3-5-7-20/h3-9,16H,10-15,17H2,1-2H3. The van der Waals surface area contributed by atoms with Crippen molar-refractivity contribution in [2.75, 3.05) is 39.4 Å². The molecule has 172 valence electrons. The zero-order valence-corrected chi connectivity index (χ0v) is 19.1. The Kier molecular flexibility index (Phi) is 7.87. The molecule has 0 radical (unpaired) electrons. The van der Waals surface area contributed by atoms with E-state index in [1.807, 2.05) is 31.2 Å². The van der Waals surface area contributed by atoms with E-state index in [1.54, 1.807) is 31.2 Å². The van der Waals surface area contributed by atoms with Gasteiger partial charge in [0.2, 0.25) is 10.0 Å². The van der Waals surface area contributed by atoms with Gasteiger partial charge in [-0.15, -0.1) is 0 Å². The number of carbonyl (C=O) groups is 2. The second kappa shape index (κ2) is 10.6. The Hall–Kier alpha value is -2.91. The van der Waals surface area contributed by atoms with Crippen LogP contribution in [0.15, 0.2) is 53.4 Å². The molecule has 9 heteroatoms. The summed E-state index contributed by atoms with van der Waals surface area (Å²) in [5, 5.41) is 0. The van der Waals surface area contributed by atoms with Gasteiger partial charge in [0.1, 0.15) is 5.75 Å². The molecule has 0 aliphatic carbocycles. The molecule has 2 aromatic carbocycles. The van der Waals surface area contributed by atoms with E-state index in [1.165, 1.54) is 9.21 Å². The van der Waals surface area contributed by atoms with Crippen LogP contribution in [0.2, 0.25) is 0 Å². The molecule has 1 amide bonds. The van der Waals surface area contributed by atoms with Crippen molar-refractivity contribution in [3.05, 3.63) is 59.7 Å². The van der Waals surface area contributed by atoms with Gasteiger partial charge < -0.3 is 14.4 Å². The number of carbonyl (C=O) groups excluding carboxylic acids is 2. The van der Waals surface area contributed by atoms with E-state index in [4.69, 9.17) is 9.47 Å². The first-order valence-electron chi connectivity index (χ1n) is 10.5. The second-order valence-corrected chi connectivity index (χ2v) is 9.53. The third-order valence-electron chi connectivity index (χ3n) is 5.21. The first kappa shape index (κ1) is 23.7. The number of hydrogen-bond donors (Lipinski definition) is 0. The molecule has 1 aliphatic rings. The summed E-state index contributed by atoms with van der Waals surface area (Å²) in [4.78, 5) is 26.0. The Labute approximate surface area is 188 Å². The van der Waals surface area contributed by atoms with Gasteiger partial charge in [0.05, 0.1) is 17.9 Å². The molecule has 1 heterocycles. The van der Waals surface area contributed by atoms with E-state index in [9.17, 15) is 18.0 Å². The predicted molar refractivity (Wildman–Crippen MR) is 119 cm³/mol. The van der Waals surface area contributed by atoms with Gasteiger partial charge in [-0.2, -0.15) is 4.31 Å². The summed E-state index contributed by atoms with van der Waals surface area (Å²) in [6.45, 7) is 4.37. The van der Waals surface area contributed by atoms with E-state index >= 15 is 0 Å². The lowest BCUT2D eigenvalue weighted by Crippen LogP contribution is -2.51. The number of piperazine rings is 1. The SMILES string of the molecule is Cc1ccc(S(=O)(=O)N2CCN(C(=O)COC(=O)CCOc3ccccc3)CC2)c(C)c1. The average molecular weight is 461 g/mol. The molecule has 0 aromatic heterocycles. The van der Waals surface area contributed by atoms with Gasteiger partial charge in [0.25, 0.3) is 5.91 Å². The molecular weight excluding hydrogens is 432 g/mol. The molecule has 1 saturated heterocycles. The predicted octanol–water partition coefficient (Wildman–Crippen LogP) is 2.15. The number of benzene rings is 2. The summed E-state index contributed by atoms with van der Waals surface area (Å²) >= 11 is 0. The molecule has 1 fully saturated rings. The molecule has 0 bridgehead atoms. The van der Waals surface area contributed by atoms with Crippen molar-refractivity contribution in [1.82, 2.24) is 9.21 Å². The van der Waals surface area contributed by atoms with Crippen molar-refractivity contribution in [3.8, 4) is 5.75 Å². The number of rotatable bonds is 8. The van der Waals surface area contributed by atoms with Gasteiger partial charge in [-0.3, -0.25) is 9.59 Å². The van der Waals surface area contributed by atoms with Crippen LogP contribution in [-0.2, 0) is 24.3 Å². The first-order valence-corrected chi connectivity index (χ1v) is 11.9. The number of nitrogens with zero attached hydrogens (tertiary/aromatic N) is 2. The highest BCUT2D eigenvalue weighted by Gasteiger charge is 2.31. The molecule has 0 N–H and O–H groups in total. The fraction of sp³-hybridized carbons (Fsp3) is 0.391. The molecule has 1 aliphatic heterocycles. The van der Waals surface area contributed by atoms with Gasteiger partial charge >= 0.3 is 5.97 Å². The van der Waals surface area contributed by atoms with E-state index in [-0.39, 0.29) is 56.6 Å². The molecule has 0 saturated carbocycles. The topological polar surface area (TPSA) is 93.2 Å². The molecule has 0 unspecified atom stereocenters. The highest BCUT2D eigenvalue weighted by molar-refractivity contribution is 7.89. The Morgan fingerprint density at radius 2 is 1.66 bits per heavy atom. The summed E-state index contributed by atoms with van der Waals surface area (Å²) in [7, 11) is -3.62. The van der Waals surface area contributed by atoms with Gasteiger partial charge in [0.15, 0.2) is 6.61 Å². The number of sulfonamides is 1. The Morgan fingerprint density at radius 3 is 2.31 bits per heavy atom. The van der Waals surface area contributed by atoms with Crippen LogP contribution in [0.25, 0.3) is 0 Å². The zero-order valence-electron chi connectivity index (χ0n) is 18.3. The fourth-order valence-corrected chi connectivity index (χ4v) is 5.11. The monoisotopic (exact) mass is 460 g/mol. The Bertz CT molecular complexity index is 1050. The maximum atomic E-state index is 13.0. The van der Waals surface area contributed by atoms with Crippen LogP contribution in [-0.4, -0.2) is 68.9 Å². The number of esters is 1.